The maximum atomic E-state index is 10.4. The van der Waals surface area contributed by atoms with Crippen molar-refractivity contribution in [3.8, 4) is 0 Å². The molecule has 203 valence electrons. The predicted octanol–water partition coefficient (Wildman–Crippen LogP) is 4.47. The molecule has 2 aliphatic carbocycles. The van der Waals surface area contributed by atoms with Gasteiger partial charge in [0.1, 0.15) is 6.04 Å². The number of rotatable bonds is 9. The van der Waals surface area contributed by atoms with Crippen LogP contribution in [0.1, 0.15) is 89.9 Å². The van der Waals surface area contributed by atoms with Crippen LogP contribution < -0.4 is 16.4 Å². The molecule has 0 aromatic heterocycles. The summed E-state index contributed by atoms with van der Waals surface area (Å²) < 4.78 is 0. The van der Waals surface area contributed by atoms with Crippen LogP contribution >= 0.6 is 0 Å². The molecule has 2 saturated carbocycles. The summed E-state index contributed by atoms with van der Waals surface area (Å²) in [6, 6.07) is 1.66. The number of carboxylic acids is 1. The number of nitrogens with two attached hydrogens (primary N) is 1. The Morgan fingerprint density at radius 2 is 1.49 bits per heavy atom. The third-order valence-electron chi connectivity index (χ3n) is 8.00. The van der Waals surface area contributed by atoms with Crippen LogP contribution in [0.4, 0.5) is 0 Å². The molecule has 1 radical (unpaired) electrons. The standard InChI is InChI=1S/C18H32N4.C9H17NO2.Co/c1-2-10-18(22-14-16-8-4-6-12-20-16)17(9-1)21-13-15-7-3-5-11-19-15;10-8(9(11)12)6-7-4-2-1-3-5-7;/h3,5,15-18,21-22H,1-2,4,6-14H2;7-8H,1-6,10H2,(H,11,12);/q-2;;+2. The van der Waals surface area contributed by atoms with Crippen molar-refractivity contribution in [1.82, 2.24) is 10.6 Å². The minimum absolute atomic E-state index is 0. The minimum Gasteiger partial charge on any atom is -0.658 e. The maximum absolute atomic E-state index is 10.4. The van der Waals surface area contributed by atoms with E-state index in [0.717, 1.165) is 32.6 Å². The molecule has 5 atom stereocenters. The first-order valence-corrected chi connectivity index (χ1v) is 14.0. The summed E-state index contributed by atoms with van der Waals surface area (Å²) in [6.07, 6.45) is 21.7. The normalized spacial score (nSPS) is 30.4. The van der Waals surface area contributed by atoms with Crippen molar-refractivity contribution in [3.63, 3.8) is 0 Å². The van der Waals surface area contributed by atoms with Crippen molar-refractivity contribution < 1.29 is 26.7 Å². The number of nitrogens with zero attached hydrogens (tertiary/aromatic N) is 2. The molecule has 7 nitrogen and oxygen atoms in total. The van der Waals surface area contributed by atoms with Crippen LogP contribution in [0.3, 0.4) is 0 Å². The zero-order valence-corrected chi connectivity index (χ0v) is 22.5. The zero-order chi connectivity index (χ0) is 24.0. The van der Waals surface area contributed by atoms with E-state index in [0.29, 0.717) is 36.5 Å². The number of hydrogen-bond acceptors (Lipinski definition) is 4. The molecule has 0 aromatic carbocycles. The average Bonchev–Trinajstić information content (AvgIpc) is 2.89. The van der Waals surface area contributed by atoms with Gasteiger partial charge in [-0.05, 0) is 38.3 Å². The molecule has 0 amide bonds. The van der Waals surface area contributed by atoms with E-state index in [1.807, 2.05) is 0 Å². The molecular weight excluding hydrogens is 485 g/mol. The predicted molar refractivity (Wildman–Crippen MR) is 140 cm³/mol. The molecule has 1 saturated heterocycles. The third kappa shape index (κ3) is 12.1. The van der Waals surface area contributed by atoms with Crippen LogP contribution in [0, 0.1) is 5.92 Å². The monoisotopic (exact) mass is 534 g/mol. The van der Waals surface area contributed by atoms with Gasteiger partial charge in [0.25, 0.3) is 0 Å². The van der Waals surface area contributed by atoms with Crippen LogP contribution in [0.15, 0.2) is 12.2 Å². The van der Waals surface area contributed by atoms with Crippen LogP contribution in [0.25, 0.3) is 10.6 Å². The number of piperidine rings is 1. The van der Waals surface area contributed by atoms with Crippen LogP contribution in [0.2, 0.25) is 0 Å². The molecule has 0 aromatic rings. The summed E-state index contributed by atoms with van der Waals surface area (Å²) in [6.45, 7) is 4.11. The van der Waals surface area contributed by atoms with E-state index < -0.39 is 12.0 Å². The first-order valence-electron chi connectivity index (χ1n) is 14.0. The summed E-state index contributed by atoms with van der Waals surface area (Å²) >= 11 is 0. The number of aliphatic carboxylic acids is 1. The van der Waals surface area contributed by atoms with Gasteiger partial charge in [0.05, 0.1) is 0 Å². The summed E-state index contributed by atoms with van der Waals surface area (Å²) in [5.74, 6) is -0.301. The largest absolute Gasteiger partial charge is 2.00 e. The van der Waals surface area contributed by atoms with Gasteiger partial charge in [0, 0.05) is 12.1 Å². The van der Waals surface area contributed by atoms with Gasteiger partial charge in [-0.25, -0.2) is 0 Å². The number of hydrogen-bond donors (Lipinski definition) is 4. The summed E-state index contributed by atoms with van der Waals surface area (Å²) in [7, 11) is 0. The Hall–Kier alpha value is -0.484. The van der Waals surface area contributed by atoms with Crippen molar-refractivity contribution in [3.05, 3.63) is 22.8 Å². The fourth-order valence-corrected chi connectivity index (χ4v) is 5.86. The molecule has 0 spiro atoms. The topological polar surface area (TPSA) is 116 Å². The third-order valence-corrected chi connectivity index (χ3v) is 8.00. The van der Waals surface area contributed by atoms with Crippen molar-refractivity contribution in [2.24, 2.45) is 11.7 Å². The van der Waals surface area contributed by atoms with Crippen molar-refractivity contribution in [2.45, 2.75) is 120 Å². The molecule has 2 heterocycles. The molecule has 3 fully saturated rings. The molecule has 4 rings (SSSR count). The Balaban J connectivity index is 0.000000284. The van der Waals surface area contributed by atoms with E-state index in [1.54, 1.807) is 0 Å². The second-order valence-electron chi connectivity index (χ2n) is 10.8. The number of carbonyl (C=O) groups is 1. The van der Waals surface area contributed by atoms with Gasteiger partial charge in [0.15, 0.2) is 0 Å². The first kappa shape index (κ1) is 30.7. The van der Waals surface area contributed by atoms with Gasteiger partial charge < -0.3 is 32.1 Å². The second-order valence-corrected chi connectivity index (χ2v) is 10.8. The van der Waals surface area contributed by atoms with Gasteiger partial charge in [0.2, 0.25) is 0 Å². The summed E-state index contributed by atoms with van der Waals surface area (Å²) in [5.41, 5.74) is 5.45. The van der Waals surface area contributed by atoms with Gasteiger partial charge in [-0.1, -0.05) is 76.7 Å². The van der Waals surface area contributed by atoms with Crippen molar-refractivity contribution >= 4 is 5.97 Å². The Labute approximate surface area is 223 Å². The Morgan fingerprint density at radius 1 is 0.857 bits per heavy atom. The quantitative estimate of drug-likeness (QED) is 0.326. The molecule has 2 aliphatic heterocycles. The van der Waals surface area contributed by atoms with E-state index in [4.69, 9.17) is 16.2 Å². The molecule has 35 heavy (non-hydrogen) atoms. The molecule has 4 aliphatic rings. The van der Waals surface area contributed by atoms with Crippen molar-refractivity contribution in [2.75, 3.05) is 26.2 Å². The summed E-state index contributed by atoms with van der Waals surface area (Å²) in [4.78, 5) is 10.4. The molecular formula is C27H49CoN5O2. The molecule has 5 unspecified atom stereocenters. The fourth-order valence-electron chi connectivity index (χ4n) is 5.86. The Bertz CT molecular complexity index is 596. The van der Waals surface area contributed by atoms with Crippen LogP contribution in [-0.2, 0) is 21.6 Å². The first-order chi connectivity index (χ1) is 16.6. The second kappa shape index (κ2) is 17.9. The smallest absolute Gasteiger partial charge is 0.658 e. The average molecular weight is 535 g/mol. The molecule has 5 N–H and O–H groups in total. The zero-order valence-electron chi connectivity index (χ0n) is 21.5. The van der Waals surface area contributed by atoms with Crippen molar-refractivity contribution in [1.29, 1.82) is 0 Å². The van der Waals surface area contributed by atoms with Gasteiger partial charge in [-0.2, -0.15) is 0 Å². The number of nitrogens with one attached hydrogen (secondary N) is 2. The molecule has 8 heteroatoms. The van der Waals surface area contributed by atoms with Crippen LogP contribution in [-0.4, -0.2) is 67.5 Å². The van der Waals surface area contributed by atoms with E-state index in [2.05, 4.69) is 28.1 Å². The Kier molecular flexibility index (Phi) is 15.7. The fraction of sp³-hybridized carbons (Fsp3) is 0.889. The maximum Gasteiger partial charge on any atom is 2.00 e. The van der Waals surface area contributed by atoms with E-state index in [-0.39, 0.29) is 16.8 Å². The van der Waals surface area contributed by atoms with Crippen LogP contribution in [0.5, 0.6) is 0 Å². The van der Waals surface area contributed by atoms with Gasteiger partial charge in [-0.15, -0.1) is 31.2 Å². The Morgan fingerprint density at radius 3 is 2.06 bits per heavy atom. The van der Waals surface area contributed by atoms with E-state index >= 15 is 0 Å². The number of carboxylic acid groups (broad SMARTS) is 1. The molecule has 0 bridgehead atoms. The van der Waals surface area contributed by atoms with Gasteiger partial charge >= 0.3 is 22.7 Å². The summed E-state index contributed by atoms with van der Waals surface area (Å²) in [5, 5.41) is 25.7. The SMILES string of the molecule is C1=CCC(CNC2CCCCC2NCC2CCCC[N-]2)[N-]C1.NC(CC1CCCCC1)C(=O)O.[Co+2]. The van der Waals surface area contributed by atoms with E-state index in [1.165, 1.54) is 77.0 Å². The minimum atomic E-state index is -0.861. The van der Waals surface area contributed by atoms with Gasteiger partial charge in [-0.3, -0.25) is 4.79 Å². The van der Waals surface area contributed by atoms with E-state index in [9.17, 15) is 4.79 Å².